The fourth-order valence-electron chi connectivity index (χ4n) is 2.41. The Bertz CT molecular complexity index is 553. The van der Waals surface area contributed by atoms with Crippen molar-refractivity contribution in [2.24, 2.45) is 0 Å². The maximum absolute atomic E-state index is 12.4. The molecule has 1 aliphatic rings. The molecule has 21 heavy (non-hydrogen) atoms. The number of nitrogens with one attached hydrogen (secondary N) is 2. The van der Waals surface area contributed by atoms with Gasteiger partial charge in [-0.15, -0.1) is 0 Å². The number of benzene rings is 1. The summed E-state index contributed by atoms with van der Waals surface area (Å²) in [6.45, 7) is 2.59. The van der Waals surface area contributed by atoms with Crippen molar-refractivity contribution < 1.29 is 14.5 Å². The van der Waals surface area contributed by atoms with Crippen LogP contribution in [-0.2, 0) is 4.79 Å². The fourth-order valence-corrected chi connectivity index (χ4v) is 2.41. The monoisotopic (exact) mass is 293 g/mol. The second kappa shape index (κ2) is 6.09. The maximum atomic E-state index is 12.4. The van der Waals surface area contributed by atoms with Crippen LogP contribution in [0.15, 0.2) is 18.2 Å². The number of amides is 1. The number of nitrogens with zero attached hydrogens (tertiary/aromatic N) is 1. The highest BCUT2D eigenvalue weighted by Gasteiger charge is 2.35. The number of methoxy groups -OCH3 is 1. The van der Waals surface area contributed by atoms with E-state index in [0.29, 0.717) is 12.2 Å². The molecule has 1 aliphatic heterocycles. The first-order valence-corrected chi connectivity index (χ1v) is 6.85. The molecule has 1 saturated heterocycles. The van der Waals surface area contributed by atoms with Gasteiger partial charge in [0.25, 0.3) is 5.69 Å². The lowest BCUT2D eigenvalue weighted by atomic mass is 9.90. The molecule has 114 valence electrons. The van der Waals surface area contributed by atoms with E-state index in [1.165, 1.54) is 19.2 Å². The van der Waals surface area contributed by atoms with E-state index in [-0.39, 0.29) is 17.3 Å². The van der Waals surface area contributed by atoms with Gasteiger partial charge in [-0.3, -0.25) is 14.9 Å². The van der Waals surface area contributed by atoms with Crippen LogP contribution < -0.4 is 15.4 Å². The molecule has 1 heterocycles. The van der Waals surface area contributed by atoms with Gasteiger partial charge in [0.2, 0.25) is 5.91 Å². The van der Waals surface area contributed by atoms with Gasteiger partial charge in [0.1, 0.15) is 11.4 Å². The average Bonchev–Trinajstić information content (AvgIpc) is 2.48. The molecule has 1 aromatic carbocycles. The number of nitro benzene ring substituents is 1. The topological polar surface area (TPSA) is 93.5 Å². The summed E-state index contributed by atoms with van der Waals surface area (Å²) in [6, 6.07) is 4.37. The molecule has 0 aliphatic carbocycles. The first kappa shape index (κ1) is 15.2. The number of hydrogen-bond acceptors (Lipinski definition) is 5. The van der Waals surface area contributed by atoms with Crippen LogP contribution in [0.2, 0.25) is 0 Å². The summed E-state index contributed by atoms with van der Waals surface area (Å²) in [7, 11) is 1.43. The van der Waals surface area contributed by atoms with Crippen LogP contribution >= 0.6 is 0 Å². The fraction of sp³-hybridized carbons (Fsp3) is 0.500. The summed E-state index contributed by atoms with van der Waals surface area (Å²) in [5, 5.41) is 16.9. The number of hydrogen-bond donors (Lipinski definition) is 2. The SMILES string of the molecule is COc1ccc(NC(=O)C2(C)CCCCN2)c([N+](=O)[O-])c1. The Balaban J connectivity index is 2.22. The van der Waals surface area contributed by atoms with Crippen molar-refractivity contribution in [2.75, 3.05) is 19.0 Å². The highest BCUT2D eigenvalue weighted by molar-refractivity contribution is 5.99. The third-order valence-corrected chi connectivity index (χ3v) is 3.77. The lowest BCUT2D eigenvalue weighted by Gasteiger charge is -2.33. The van der Waals surface area contributed by atoms with Crippen LogP contribution in [0.3, 0.4) is 0 Å². The van der Waals surface area contributed by atoms with Gasteiger partial charge in [0.15, 0.2) is 0 Å². The predicted molar refractivity (Wildman–Crippen MR) is 78.5 cm³/mol. The van der Waals surface area contributed by atoms with Crippen LogP contribution in [0.25, 0.3) is 0 Å². The van der Waals surface area contributed by atoms with Gasteiger partial charge in [0.05, 0.1) is 23.6 Å². The molecule has 7 nitrogen and oxygen atoms in total. The normalized spacial score (nSPS) is 21.6. The molecule has 1 fully saturated rings. The number of carbonyl (C=O) groups excluding carboxylic acids is 1. The predicted octanol–water partition coefficient (Wildman–Crippen LogP) is 2.07. The third kappa shape index (κ3) is 3.30. The van der Waals surface area contributed by atoms with Gasteiger partial charge in [-0.1, -0.05) is 0 Å². The average molecular weight is 293 g/mol. The van der Waals surface area contributed by atoms with E-state index < -0.39 is 10.5 Å². The van der Waals surface area contributed by atoms with Crippen LogP contribution in [-0.4, -0.2) is 30.0 Å². The zero-order valence-corrected chi connectivity index (χ0v) is 12.1. The van der Waals surface area contributed by atoms with Gasteiger partial charge >= 0.3 is 0 Å². The van der Waals surface area contributed by atoms with Crippen LogP contribution in [0.4, 0.5) is 11.4 Å². The Hall–Kier alpha value is -2.15. The van der Waals surface area contributed by atoms with Gasteiger partial charge in [0, 0.05) is 0 Å². The van der Waals surface area contributed by atoms with E-state index in [1.54, 1.807) is 6.07 Å². The lowest BCUT2D eigenvalue weighted by molar-refractivity contribution is -0.384. The Morgan fingerprint density at radius 1 is 1.48 bits per heavy atom. The number of rotatable bonds is 4. The van der Waals surface area contributed by atoms with Crippen LogP contribution in [0.1, 0.15) is 26.2 Å². The first-order valence-electron chi connectivity index (χ1n) is 6.85. The summed E-state index contributed by atoms with van der Waals surface area (Å²) < 4.78 is 4.97. The van der Waals surface area contributed by atoms with Crippen LogP contribution in [0.5, 0.6) is 5.75 Å². The Morgan fingerprint density at radius 3 is 2.81 bits per heavy atom. The molecule has 7 heteroatoms. The number of anilines is 1. The molecule has 2 N–H and O–H groups in total. The minimum absolute atomic E-state index is 0.179. The number of carbonyl (C=O) groups is 1. The highest BCUT2D eigenvalue weighted by Crippen LogP contribution is 2.30. The van der Waals surface area contributed by atoms with E-state index in [9.17, 15) is 14.9 Å². The van der Waals surface area contributed by atoms with Gasteiger partial charge in [-0.2, -0.15) is 0 Å². The Kier molecular flexibility index (Phi) is 4.42. The van der Waals surface area contributed by atoms with E-state index in [4.69, 9.17) is 4.74 Å². The summed E-state index contributed by atoms with van der Waals surface area (Å²) in [5.41, 5.74) is -0.687. The van der Waals surface area contributed by atoms with Crippen molar-refractivity contribution >= 4 is 17.3 Å². The summed E-state index contributed by atoms with van der Waals surface area (Å²) >= 11 is 0. The molecule has 0 aromatic heterocycles. The van der Waals surface area contributed by atoms with Gasteiger partial charge in [-0.05, 0) is 44.9 Å². The van der Waals surface area contributed by atoms with Gasteiger partial charge in [-0.25, -0.2) is 0 Å². The molecule has 0 bridgehead atoms. The highest BCUT2D eigenvalue weighted by atomic mass is 16.6. The van der Waals surface area contributed by atoms with Crippen molar-refractivity contribution in [3.8, 4) is 5.75 Å². The lowest BCUT2D eigenvalue weighted by Crippen LogP contribution is -2.54. The van der Waals surface area contributed by atoms with E-state index in [0.717, 1.165) is 19.4 Å². The molecule has 1 aromatic rings. The van der Waals surface area contributed by atoms with E-state index in [2.05, 4.69) is 10.6 Å². The molecule has 0 spiro atoms. The number of nitro groups is 1. The summed E-state index contributed by atoms with van der Waals surface area (Å²) in [4.78, 5) is 23.0. The Labute approximate surface area is 122 Å². The molecule has 1 amide bonds. The first-order chi connectivity index (χ1) is 9.96. The maximum Gasteiger partial charge on any atom is 0.296 e. The minimum Gasteiger partial charge on any atom is -0.496 e. The van der Waals surface area contributed by atoms with Crippen molar-refractivity contribution in [2.45, 2.75) is 31.7 Å². The summed E-state index contributed by atoms with van der Waals surface area (Å²) in [5.74, 6) is 0.122. The van der Waals surface area contributed by atoms with E-state index >= 15 is 0 Å². The largest absolute Gasteiger partial charge is 0.496 e. The Morgan fingerprint density at radius 2 is 2.24 bits per heavy atom. The molecule has 1 atom stereocenters. The standard InChI is InChI=1S/C14H19N3O4/c1-14(7-3-4-8-15-14)13(18)16-11-6-5-10(21-2)9-12(11)17(19)20/h5-6,9,15H,3-4,7-8H2,1-2H3,(H,16,18). The zero-order valence-electron chi connectivity index (χ0n) is 12.1. The minimum atomic E-state index is -0.688. The quantitative estimate of drug-likeness (QED) is 0.654. The molecule has 1 unspecified atom stereocenters. The second-order valence-corrected chi connectivity index (χ2v) is 5.31. The van der Waals surface area contributed by atoms with Crippen LogP contribution in [0, 0.1) is 10.1 Å². The summed E-state index contributed by atoms with van der Waals surface area (Å²) in [6.07, 6.45) is 2.70. The third-order valence-electron chi connectivity index (χ3n) is 3.77. The number of piperidine rings is 1. The zero-order chi connectivity index (χ0) is 15.5. The molecular formula is C14H19N3O4. The molecule has 0 saturated carbocycles. The molecule has 0 radical (unpaired) electrons. The molecule has 2 rings (SSSR count). The van der Waals surface area contributed by atoms with Gasteiger partial charge < -0.3 is 15.4 Å². The molecular weight excluding hydrogens is 274 g/mol. The van der Waals surface area contributed by atoms with E-state index in [1.807, 2.05) is 6.92 Å². The van der Waals surface area contributed by atoms with Crippen molar-refractivity contribution in [1.82, 2.24) is 5.32 Å². The van der Waals surface area contributed by atoms with Crippen molar-refractivity contribution in [3.05, 3.63) is 28.3 Å². The van der Waals surface area contributed by atoms with Crippen molar-refractivity contribution in [1.29, 1.82) is 0 Å². The number of ether oxygens (including phenoxy) is 1. The van der Waals surface area contributed by atoms with Crippen molar-refractivity contribution in [3.63, 3.8) is 0 Å². The second-order valence-electron chi connectivity index (χ2n) is 5.31. The smallest absolute Gasteiger partial charge is 0.296 e.